The van der Waals surface area contributed by atoms with Crippen molar-refractivity contribution >= 4 is 39.8 Å². The minimum absolute atomic E-state index is 0.0457. The highest BCUT2D eigenvalue weighted by molar-refractivity contribution is 7.98. The number of hydrogen-bond acceptors (Lipinski definition) is 6. The third kappa shape index (κ3) is 4.35. The topological polar surface area (TPSA) is 85.7 Å². The number of rotatable bonds is 6. The number of ether oxygens (including phenoxy) is 1. The Morgan fingerprint density at radius 1 is 1.21 bits per heavy atom. The van der Waals surface area contributed by atoms with Crippen LogP contribution in [0.15, 0.2) is 30.9 Å². The van der Waals surface area contributed by atoms with Gasteiger partial charge < -0.3 is 14.3 Å². The number of pyridine rings is 1. The number of H-pyrrole nitrogens is 1. The molecule has 0 amide bonds. The number of fused-ring (bicyclic) bond motifs is 5. The van der Waals surface area contributed by atoms with Crippen LogP contribution < -0.4 is 0 Å². The van der Waals surface area contributed by atoms with Crippen LogP contribution in [-0.2, 0) is 9.53 Å². The van der Waals surface area contributed by atoms with Crippen LogP contribution in [0.1, 0.15) is 50.6 Å². The quantitative estimate of drug-likeness (QED) is 0.193. The van der Waals surface area contributed by atoms with Gasteiger partial charge in [0.05, 0.1) is 35.7 Å². The van der Waals surface area contributed by atoms with Crippen molar-refractivity contribution in [1.82, 2.24) is 24.5 Å². The van der Waals surface area contributed by atoms with Crippen LogP contribution in [0.2, 0.25) is 0 Å². The zero-order chi connectivity index (χ0) is 26.2. The van der Waals surface area contributed by atoms with Crippen molar-refractivity contribution in [2.75, 3.05) is 18.6 Å². The van der Waals surface area contributed by atoms with Gasteiger partial charge in [-0.1, -0.05) is 11.8 Å². The fourth-order valence-electron chi connectivity index (χ4n) is 6.35. The molecule has 1 N–H and O–H groups in total. The van der Waals surface area contributed by atoms with Crippen molar-refractivity contribution < 1.29 is 13.9 Å². The molecule has 2 bridgehead atoms. The number of hydrogen-bond donors (Lipinski definition) is 1. The van der Waals surface area contributed by atoms with Crippen molar-refractivity contribution in [1.29, 1.82) is 0 Å². The minimum Gasteiger partial charge on any atom is -0.466 e. The molecule has 0 saturated heterocycles. The summed E-state index contributed by atoms with van der Waals surface area (Å²) in [5.41, 5.74) is 2.87. The van der Waals surface area contributed by atoms with Crippen LogP contribution >= 0.6 is 11.8 Å². The lowest BCUT2D eigenvalue weighted by Gasteiger charge is -2.47. The molecule has 0 unspecified atom stereocenters. The van der Waals surface area contributed by atoms with E-state index >= 15 is 0 Å². The smallest absolute Gasteiger partial charge is 0.311 e. The zero-order valence-corrected chi connectivity index (χ0v) is 22.4. The predicted molar refractivity (Wildman–Crippen MR) is 147 cm³/mol. The van der Waals surface area contributed by atoms with E-state index in [-0.39, 0.29) is 17.9 Å². The summed E-state index contributed by atoms with van der Waals surface area (Å²) in [7, 11) is 0. The van der Waals surface area contributed by atoms with Crippen molar-refractivity contribution in [2.45, 2.75) is 45.1 Å². The first-order valence-corrected chi connectivity index (χ1v) is 14.6. The van der Waals surface area contributed by atoms with Crippen LogP contribution in [0.4, 0.5) is 4.39 Å². The van der Waals surface area contributed by atoms with Crippen LogP contribution in [0, 0.1) is 35.4 Å². The van der Waals surface area contributed by atoms with Crippen molar-refractivity contribution in [3.8, 4) is 23.2 Å². The van der Waals surface area contributed by atoms with Gasteiger partial charge >= 0.3 is 5.97 Å². The summed E-state index contributed by atoms with van der Waals surface area (Å²) in [6, 6.07) is 1.40. The Morgan fingerprint density at radius 3 is 2.82 bits per heavy atom. The second-order valence-corrected chi connectivity index (χ2v) is 11.1. The molecule has 7 rings (SSSR count). The molecule has 0 aliphatic heterocycles. The molecule has 9 heteroatoms. The summed E-state index contributed by atoms with van der Waals surface area (Å²) in [6.45, 7) is 2.23. The molecule has 3 aliphatic rings. The lowest BCUT2D eigenvalue weighted by molar-refractivity contribution is -0.157. The molecule has 0 aromatic carbocycles. The number of halogens is 1. The largest absolute Gasteiger partial charge is 0.466 e. The van der Waals surface area contributed by atoms with Gasteiger partial charge in [0.2, 0.25) is 0 Å². The van der Waals surface area contributed by atoms with Gasteiger partial charge in [0.25, 0.3) is 0 Å². The summed E-state index contributed by atoms with van der Waals surface area (Å²) in [6.07, 6.45) is 14.0. The van der Waals surface area contributed by atoms with Crippen molar-refractivity contribution in [3.63, 3.8) is 0 Å². The Bertz CT molecular complexity index is 1560. The molecule has 3 fully saturated rings. The lowest BCUT2D eigenvalue weighted by Crippen LogP contribution is -2.45. The average Bonchev–Trinajstić information content (AvgIpc) is 3.52. The SMILES string of the molecule is CCOC(=O)[C@H]1C2CCC(CC2)[C@@H]1n1cc(C#CCCSC)c2cnc(-c3c[nH]c4ncc(F)cc34)nc21. The van der Waals surface area contributed by atoms with Gasteiger partial charge in [-0.2, -0.15) is 11.8 Å². The van der Waals surface area contributed by atoms with E-state index in [2.05, 4.69) is 43.8 Å². The summed E-state index contributed by atoms with van der Waals surface area (Å²) in [5, 5.41) is 1.49. The zero-order valence-electron chi connectivity index (χ0n) is 21.5. The minimum atomic E-state index is -0.416. The fraction of sp³-hybridized carbons (Fsp3) is 0.448. The Balaban J connectivity index is 1.51. The number of esters is 1. The van der Waals surface area contributed by atoms with Gasteiger partial charge in [0.15, 0.2) is 5.82 Å². The Hall–Kier alpha value is -3.38. The first-order valence-electron chi connectivity index (χ1n) is 13.2. The first-order chi connectivity index (χ1) is 18.6. The molecule has 4 aromatic rings. The van der Waals surface area contributed by atoms with E-state index in [9.17, 15) is 9.18 Å². The van der Waals surface area contributed by atoms with Crippen molar-refractivity contribution in [3.05, 3.63) is 42.2 Å². The summed E-state index contributed by atoms with van der Waals surface area (Å²) in [5.74, 6) is 8.00. The number of carbonyl (C=O) groups excluding carboxylic acids is 1. The van der Waals surface area contributed by atoms with Gasteiger partial charge in [-0.3, -0.25) is 4.79 Å². The molecule has 4 aromatic heterocycles. The third-order valence-electron chi connectivity index (χ3n) is 8.02. The van der Waals surface area contributed by atoms with Gasteiger partial charge in [-0.05, 0) is 56.8 Å². The number of carbonyl (C=O) groups is 1. The van der Waals surface area contributed by atoms with E-state index in [1.165, 1.54) is 12.3 Å². The summed E-state index contributed by atoms with van der Waals surface area (Å²) >= 11 is 1.77. The molecule has 3 aliphatic carbocycles. The lowest BCUT2D eigenvalue weighted by atomic mass is 9.61. The monoisotopic (exact) mass is 531 g/mol. The van der Waals surface area contributed by atoms with E-state index < -0.39 is 5.82 Å². The molecule has 0 spiro atoms. The van der Waals surface area contributed by atoms with E-state index in [0.29, 0.717) is 40.9 Å². The van der Waals surface area contributed by atoms with E-state index in [1.807, 2.05) is 6.92 Å². The van der Waals surface area contributed by atoms with Crippen LogP contribution in [0.3, 0.4) is 0 Å². The molecule has 3 saturated carbocycles. The summed E-state index contributed by atoms with van der Waals surface area (Å²) < 4.78 is 21.8. The van der Waals surface area contributed by atoms with Gasteiger partial charge in [-0.15, -0.1) is 0 Å². The maximum Gasteiger partial charge on any atom is 0.311 e. The second-order valence-electron chi connectivity index (χ2n) is 10.1. The predicted octanol–water partition coefficient (Wildman–Crippen LogP) is 5.76. The molecule has 38 heavy (non-hydrogen) atoms. The standard InChI is InChI=1S/C29H30FN5O2S/c1-3-37-29(36)24-17-7-9-18(10-8-17)25(24)35-16-19(6-4-5-11-38-2)22-14-33-27(34-28(22)35)23-15-32-26-21(23)12-20(30)13-31-26/h12-18,24-25H,3,5,7-11H2,1-2H3,(H,31,32)/t17?,18?,24-,25-/m0/s1. The van der Waals surface area contributed by atoms with Crippen LogP contribution in [0.5, 0.6) is 0 Å². The second kappa shape index (κ2) is 10.4. The number of aromatic nitrogens is 5. The third-order valence-corrected chi connectivity index (χ3v) is 8.63. The number of nitrogens with one attached hydrogen (secondary N) is 1. The van der Waals surface area contributed by atoms with E-state index in [0.717, 1.165) is 54.5 Å². The van der Waals surface area contributed by atoms with Crippen LogP contribution in [-0.4, -0.2) is 49.1 Å². The highest BCUT2D eigenvalue weighted by atomic mass is 32.2. The maximum absolute atomic E-state index is 14.0. The van der Waals surface area contributed by atoms with Gasteiger partial charge in [0, 0.05) is 41.7 Å². The van der Waals surface area contributed by atoms with Gasteiger partial charge in [0.1, 0.15) is 17.1 Å². The highest BCUT2D eigenvalue weighted by Crippen LogP contribution is 2.52. The molecule has 7 nitrogen and oxygen atoms in total. The van der Waals surface area contributed by atoms with Crippen LogP contribution in [0.25, 0.3) is 33.5 Å². The fourth-order valence-corrected chi connectivity index (χ4v) is 6.65. The molecule has 0 radical (unpaired) electrons. The Kier molecular flexibility index (Phi) is 6.83. The number of thioether (sulfide) groups is 1. The van der Waals surface area contributed by atoms with E-state index in [4.69, 9.17) is 9.72 Å². The summed E-state index contributed by atoms with van der Waals surface area (Å²) in [4.78, 5) is 30.2. The molecule has 196 valence electrons. The normalized spacial score (nSPS) is 22.5. The Morgan fingerprint density at radius 2 is 2.03 bits per heavy atom. The highest BCUT2D eigenvalue weighted by Gasteiger charge is 2.49. The first kappa shape index (κ1) is 24.9. The molecule has 2 atom stereocenters. The van der Waals surface area contributed by atoms with E-state index in [1.54, 1.807) is 24.2 Å². The maximum atomic E-state index is 14.0. The molecule has 4 heterocycles. The number of nitrogens with zero attached hydrogens (tertiary/aromatic N) is 4. The molecular formula is C29H30FN5O2S. The number of aromatic amines is 1. The average molecular weight is 532 g/mol. The Labute approximate surface area is 225 Å². The molecular weight excluding hydrogens is 501 g/mol. The van der Waals surface area contributed by atoms with Gasteiger partial charge in [-0.25, -0.2) is 19.3 Å². The van der Waals surface area contributed by atoms with Crippen molar-refractivity contribution in [2.24, 2.45) is 17.8 Å².